The summed E-state index contributed by atoms with van der Waals surface area (Å²) in [6.45, 7) is 6.03. The zero-order valence-corrected chi connectivity index (χ0v) is 13.3. The lowest BCUT2D eigenvalue weighted by Crippen LogP contribution is -2.30. The molecule has 0 saturated heterocycles. The molecule has 4 nitrogen and oxygen atoms in total. The van der Waals surface area contributed by atoms with Gasteiger partial charge in [-0.3, -0.25) is 4.79 Å². The Hall–Kier alpha value is -2.36. The molecule has 22 heavy (non-hydrogen) atoms. The van der Waals surface area contributed by atoms with Crippen molar-refractivity contribution in [2.75, 3.05) is 0 Å². The van der Waals surface area contributed by atoms with Gasteiger partial charge < -0.3 is 9.72 Å². The molecule has 4 heteroatoms. The van der Waals surface area contributed by atoms with Crippen molar-refractivity contribution in [1.82, 2.24) is 14.7 Å². The Morgan fingerprint density at radius 2 is 2.14 bits per heavy atom. The van der Waals surface area contributed by atoms with E-state index in [2.05, 4.69) is 29.4 Å². The quantitative estimate of drug-likeness (QED) is 0.940. The lowest BCUT2D eigenvalue weighted by Gasteiger charge is -2.10. The van der Waals surface area contributed by atoms with Crippen LogP contribution in [0.25, 0.3) is 11.2 Å². The van der Waals surface area contributed by atoms with Crippen LogP contribution in [0.4, 0.5) is 0 Å². The van der Waals surface area contributed by atoms with Crippen LogP contribution in [0.2, 0.25) is 0 Å². The third-order valence-corrected chi connectivity index (χ3v) is 3.85. The first-order valence-corrected chi connectivity index (χ1v) is 7.71. The molecule has 2 heterocycles. The van der Waals surface area contributed by atoms with E-state index in [9.17, 15) is 4.79 Å². The third kappa shape index (κ3) is 2.82. The number of imidazole rings is 1. The minimum absolute atomic E-state index is 0.0526. The second-order valence-electron chi connectivity index (χ2n) is 6.04. The highest BCUT2D eigenvalue weighted by molar-refractivity contribution is 5.94. The number of hydrogen-bond donors (Lipinski definition) is 1. The van der Waals surface area contributed by atoms with Gasteiger partial charge in [0.2, 0.25) is 0 Å². The normalized spacial score (nSPS) is 14.9. The summed E-state index contributed by atoms with van der Waals surface area (Å²) in [7, 11) is 0. The van der Waals surface area contributed by atoms with E-state index in [1.165, 1.54) is 11.1 Å². The number of pyridine rings is 1. The number of nitrogens with one attached hydrogen (secondary N) is 1. The Morgan fingerprint density at radius 1 is 1.32 bits per heavy atom. The van der Waals surface area contributed by atoms with Gasteiger partial charge in [-0.15, -0.1) is 0 Å². The zero-order chi connectivity index (χ0) is 15.7. The third-order valence-electron chi connectivity index (χ3n) is 3.85. The number of hydrogen-bond acceptors (Lipinski definition) is 2. The molecule has 0 spiro atoms. The number of nitrogens with zero attached hydrogens (tertiary/aromatic N) is 2. The molecule has 2 aromatic heterocycles. The van der Waals surface area contributed by atoms with Crippen molar-refractivity contribution < 1.29 is 4.79 Å². The highest BCUT2D eigenvalue weighted by Gasteiger charge is 2.13. The standard InChI is InChI=1S/C18H21N3O/c1-12(2)19-18(22)14-8-9-17-20-16(11-21(17)10-14)15-7-5-4-6-13(15)3/h4,6,8-12H,5,7H2,1-3H3,(H,19,22). The summed E-state index contributed by atoms with van der Waals surface area (Å²) in [6.07, 6.45) is 10.3. The maximum atomic E-state index is 12.1. The number of amides is 1. The number of carbonyl (C=O) groups excluding carboxylic acids is 1. The Morgan fingerprint density at radius 3 is 2.86 bits per heavy atom. The maximum Gasteiger partial charge on any atom is 0.252 e. The Labute approximate surface area is 130 Å². The van der Waals surface area contributed by atoms with Crippen LogP contribution in [0, 0.1) is 0 Å². The van der Waals surface area contributed by atoms with Crippen molar-refractivity contribution in [2.45, 2.75) is 39.7 Å². The fourth-order valence-corrected chi connectivity index (χ4v) is 2.73. The molecular formula is C18H21N3O. The number of carbonyl (C=O) groups is 1. The molecule has 0 aliphatic heterocycles. The van der Waals surface area contributed by atoms with Crippen LogP contribution in [-0.2, 0) is 0 Å². The van der Waals surface area contributed by atoms with Crippen molar-refractivity contribution in [3.63, 3.8) is 0 Å². The van der Waals surface area contributed by atoms with Gasteiger partial charge in [0, 0.05) is 18.4 Å². The van der Waals surface area contributed by atoms with E-state index in [1.54, 1.807) is 0 Å². The largest absolute Gasteiger partial charge is 0.350 e. The van der Waals surface area contributed by atoms with E-state index in [4.69, 9.17) is 0 Å². The molecule has 1 N–H and O–H groups in total. The molecule has 0 unspecified atom stereocenters. The summed E-state index contributed by atoms with van der Waals surface area (Å²) in [6, 6.07) is 3.85. The maximum absolute atomic E-state index is 12.1. The SMILES string of the molecule is CC1=C(c2cn3cc(C(=O)NC(C)C)ccc3n2)CCC=C1. The fraction of sp³-hybridized carbons (Fsp3) is 0.333. The second-order valence-corrected chi connectivity index (χ2v) is 6.04. The lowest BCUT2D eigenvalue weighted by atomic mass is 9.97. The van der Waals surface area contributed by atoms with Gasteiger partial charge in [-0.05, 0) is 56.9 Å². The minimum atomic E-state index is -0.0526. The fourth-order valence-electron chi connectivity index (χ4n) is 2.73. The van der Waals surface area contributed by atoms with E-state index in [1.807, 2.05) is 42.8 Å². The van der Waals surface area contributed by atoms with Crippen molar-refractivity contribution in [2.24, 2.45) is 0 Å². The molecule has 0 saturated carbocycles. The molecule has 0 atom stereocenters. The molecule has 0 bridgehead atoms. The van der Waals surface area contributed by atoms with E-state index >= 15 is 0 Å². The van der Waals surface area contributed by atoms with Crippen LogP contribution in [0.15, 0.2) is 42.3 Å². The van der Waals surface area contributed by atoms with Crippen LogP contribution in [0.5, 0.6) is 0 Å². The first-order chi connectivity index (χ1) is 10.5. The Balaban J connectivity index is 1.97. The molecule has 0 radical (unpaired) electrons. The molecule has 114 valence electrons. The van der Waals surface area contributed by atoms with E-state index in [0.717, 1.165) is 24.2 Å². The van der Waals surface area contributed by atoms with Gasteiger partial charge in [0.1, 0.15) is 5.65 Å². The van der Waals surface area contributed by atoms with E-state index < -0.39 is 0 Å². The molecule has 0 fully saturated rings. The summed E-state index contributed by atoms with van der Waals surface area (Å²) in [5, 5.41) is 2.91. The topological polar surface area (TPSA) is 46.4 Å². The number of fused-ring (bicyclic) bond motifs is 1. The molecule has 0 aromatic carbocycles. The average Bonchev–Trinajstić information content (AvgIpc) is 2.89. The van der Waals surface area contributed by atoms with E-state index in [0.29, 0.717) is 5.56 Å². The number of rotatable bonds is 3. The van der Waals surface area contributed by atoms with Gasteiger partial charge in [0.05, 0.1) is 11.3 Å². The smallest absolute Gasteiger partial charge is 0.252 e. The minimum Gasteiger partial charge on any atom is -0.350 e. The predicted octanol–water partition coefficient (Wildman–Crippen LogP) is 3.60. The van der Waals surface area contributed by atoms with Crippen LogP contribution >= 0.6 is 0 Å². The van der Waals surface area contributed by atoms with Crippen molar-refractivity contribution in [3.8, 4) is 0 Å². The van der Waals surface area contributed by atoms with Crippen molar-refractivity contribution in [3.05, 3.63) is 53.5 Å². The molecule has 3 rings (SSSR count). The average molecular weight is 295 g/mol. The Bertz CT molecular complexity index is 781. The van der Waals surface area contributed by atoms with Gasteiger partial charge >= 0.3 is 0 Å². The first-order valence-electron chi connectivity index (χ1n) is 7.71. The van der Waals surface area contributed by atoms with Gasteiger partial charge in [-0.25, -0.2) is 4.98 Å². The van der Waals surface area contributed by atoms with Crippen molar-refractivity contribution in [1.29, 1.82) is 0 Å². The van der Waals surface area contributed by atoms with Gasteiger partial charge in [0.15, 0.2) is 0 Å². The van der Waals surface area contributed by atoms with Gasteiger partial charge in [0.25, 0.3) is 5.91 Å². The molecule has 2 aromatic rings. The summed E-state index contributed by atoms with van der Waals surface area (Å²) >= 11 is 0. The number of aromatic nitrogens is 2. The first kappa shape index (κ1) is 14.6. The molecule has 1 aliphatic carbocycles. The van der Waals surface area contributed by atoms with Gasteiger partial charge in [-0.2, -0.15) is 0 Å². The zero-order valence-electron chi connectivity index (χ0n) is 13.3. The molecule has 1 aliphatic rings. The summed E-state index contributed by atoms with van der Waals surface area (Å²) < 4.78 is 1.93. The highest BCUT2D eigenvalue weighted by atomic mass is 16.1. The van der Waals surface area contributed by atoms with E-state index in [-0.39, 0.29) is 11.9 Å². The monoisotopic (exact) mass is 295 g/mol. The molecular weight excluding hydrogens is 274 g/mol. The molecule has 1 amide bonds. The van der Waals surface area contributed by atoms with Crippen LogP contribution in [-0.4, -0.2) is 21.3 Å². The lowest BCUT2D eigenvalue weighted by molar-refractivity contribution is 0.0942. The van der Waals surface area contributed by atoms with Gasteiger partial charge in [-0.1, -0.05) is 12.2 Å². The number of allylic oxidation sites excluding steroid dienone is 4. The summed E-state index contributed by atoms with van der Waals surface area (Å²) in [5.41, 5.74) is 5.08. The highest BCUT2D eigenvalue weighted by Crippen LogP contribution is 2.27. The second kappa shape index (κ2) is 5.79. The van der Waals surface area contributed by atoms with Crippen LogP contribution in [0.1, 0.15) is 49.7 Å². The van der Waals surface area contributed by atoms with Crippen LogP contribution in [0.3, 0.4) is 0 Å². The summed E-state index contributed by atoms with van der Waals surface area (Å²) in [5.74, 6) is -0.0526. The van der Waals surface area contributed by atoms with Crippen LogP contribution < -0.4 is 5.32 Å². The Kier molecular flexibility index (Phi) is 3.84. The summed E-state index contributed by atoms with van der Waals surface area (Å²) in [4.78, 5) is 16.8. The van der Waals surface area contributed by atoms with Crippen molar-refractivity contribution >= 4 is 17.1 Å². The predicted molar refractivity (Wildman–Crippen MR) is 88.8 cm³/mol.